The fourth-order valence-electron chi connectivity index (χ4n) is 7.44. The van der Waals surface area contributed by atoms with Gasteiger partial charge in [0.15, 0.2) is 80.6 Å². The maximum Gasteiger partial charge on any atom is 0.170 e. The number of aromatic amines is 2. The molecule has 4 aliphatic heterocycles. The largest absolute Gasteiger partial charge is 0.449 e. The van der Waals surface area contributed by atoms with Gasteiger partial charge in [-0.25, -0.2) is 19.9 Å². The van der Waals surface area contributed by atoms with Crippen molar-refractivity contribution < 1.29 is 28.4 Å². The molecule has 13 rings (SSSR count). The van der Waals surface area contributed by atoms with E-state index in [9.17, 15) is 0 Å². The number of ether oxygens (including phenoxy) is 6. The predicted molar refractivity (Wildman–Crippen MR) is 198 cm³/mol. The molecule has 0 amide bonds. The van der Waals surface area contributed by atoms with Crippen LogP contribution in [0, 0.1) is 0 Å². The molecule has 3 aromatic heterocycles. The number of benzene rings is 6. The van der Waals surface area contributed by atoms with Crippen LogP contribution in [0.25, 0.3) is 66.9 Å². The van der Waals surface area contributed by atoms with Crippen LogP contribution >= 0.6 is 0 Å². The summed E-state index contributed by atoms with van der Waals surface area (Å²) in [6.45, 7) is 0. The highest BCUT2D eigenvalue weighted by Gasteiger charge is 2.29. The lowest BCUT2D eigenvalue weighted by atomic mass is 10.1. The fraction of sp³-hybridized carbons (Fsp3) is 0. The van der Waals surface area contributed by atoms with Crippen LogP contribution in [0.1, 0.15) is 0 Å². The number of para-hydroxylation sites is 6. The summed E-state index contributed by atoms with van der Waals surface area (Å²) in [6.07, 6.45) is 0. The van der Waals surface area contributed by atoms with E-state index in [4.69, 9.17) is 48.4 Å². The summed E-state index contributed by atoms with van der Waals surface area (Å²) in [4.78, 5) is 27.4. The summed E-state index contributed by atoms with van der Waals surface area (Å²) in [5, 5.41) is 3.06. The van der Waals surface area contributed by atoms with Crippen molar-refractivity contribution >= 4 is 44.1 Å². The number of nitrogens with zero attached hydrogens (tertiary/aromatic N) is 4. The molecule has 7 heterocycles. The molecule has 0 fully saturated rings. The van der Waals surface area contributed by atoms with Gasteiger partial charge in [-0.1, -0.05) is 36.4 Å². The third-order valence-corrected chi connectivity index (χ3v) is 9.97. The van der Waals surface area contributed by atoms with Crippen molar-refractivity contribution in [1.82, 2.24) is 29.9 Å². The molecule has 12 nitrogen and oxygen atoms in total. The van der Waals surface area contributed by atoms with Crippen LogP contribution in [0.5, 0.6) is 69.0 Å². The van der Waals surface area contributed by atoms with E-state index in [-0.39, 0.29) is 0 Å². The number of aromatic nitrogens is 6. The van der Waals surface area contributed by atoms with Crippen LogP contribution in [0.3, 0.4) is 0 Å². The van der Waals surface area contributed by atoms with Crippen LogP contribution in [-0.4, -0.2) is 29.9 Å². The van der Waals surface area contributed by atoms with Gasteiger partial charge in [-0.05, 0) is 72.8 Å². The first-order valence-electron chi connectivity index (χ1n) is 17.2. The van der Waals surface area contributed by atoms with Gasteiger partial charge in [0.05, 0.1) is 0 Å². The second-order valence-corrected chi connectivity index (χ2v) is 13.2. The monoisotopic (exact) mass is 704 g/mol. The van der Waals surface area contributed by atoms with Crippen LogP contribution in [0.4, 0.5) is 0 Å². The first kappa shape index (κ1) is 27.8. The van der Waals surface area contributed by atoms with Crippen molar-refractivity contribution in [2.24, 2.45) is 0 Å². The summed E-state index contributed by atoms with van der Waals surface area (Å²) in [5.41, 5.74) is 3.61. The Hall–Kier alpha value is -7.86. The zero-order valence-electron chi connectivity index (χ0n) is 27.6. The average molecular weight is 705 g/mol. The summed E-state index contributed by atoms with van der Waals surface area (Å²) < 4.78 is 37.9. The number of H-pyrrole nitrogens is 2. The molecule has 6 bridgehead atoms. The molecule has 12 heteroatoms. The standard InChI is InChI=1S/C42H20N6O6/c1-2-8-26-25(7-1)49-31-13-19-20(14-32(31)50-26)38-43-37(19)46-39-21-15-33-34(52-28-10-4-3-9-27(28)51-33)16-22(21)41(44-39)48-42-24-18-36-35(17-23(24)40(45-42)47-38)53-29-11-5-6-12-30(29)54-36/h1-18H,(H2,43,44,45,46,47,48). The Kier molecular flexibility index (Phi) is 5.11. The lowest BCUT2D eigenvalue weighted by Gasteiger charge is -2.21. The Morgan fingerprint density at radius 3 is 0.889 bits per heavy atom. The molecule has 0 saturated heterocycles. The summed E-state index contributed by atoms with van der Waals surface area (Å²) in [6, 6.07) is 34.1. The molecular formula is C42H20N6O6. The Labute approximate surface area is 302 Å². The molecule has 0 unspecified atom stereocenters. The minimum Gasteiger partial charge on any atom is -0.449 e. The van der Waals surface area contributed by atoms with Crippen molar-refractivity contribution in [3.8, 4) is 91.8 Å². The summed E-state index contributed by atoms with van der Waals surface area (Å²) >= 11 is 0. The van der Waals surface area contributed by atoms with Gasteiger partial charge in [0, 0.05) is 32.7 Å². The number of hydrogen-bond donors (Lipinski definition) is 2. The van der Waals surface area contributed by atoms with Gasteiger partial charge in [-0.15, -0.1) is 0 Å². The van der Waals surface area contributed by atoms with E-state index >= 15 is 0 Å². The second kappa shape index (κ2) is 9.92. The molecule has 254 valence electrons. The third kappa shape index (κ3) is 3.90. The molecule has 9 aromatic rings. The Balaban J connectivity index is 1.11. The van der Waals surface area contributed by atoms with E-state index in [1.807, 2.05) is 109 Å². The van der Waals surface area contributed by atoms with Crippen LogP contribution in [-0.2, 0) is 0 Å². The highest BCUT2D eigenvalue weighted by Crippen LogP contribution is 2.52. The Bertz CT molecular complexity index is 3050. The van der Waals surface area contributed by atoms with E-state index in [0.717, 1.165) is 32.7 Å². The van der Waals surface area contributed by atoms with Gasteiger partial charge in [0.2, 0.25) is 0 Å². The molecule has 0 radical (unpaired) electrons. The molecule has 2 N–H and O–H groups in total. The zero-order chi connectivity index (χ0) is 35.1. The molecule has 0 atom stereocenters. The van der Waals surface area contributed by atoms with Crippen molar-refractivity contribution in [3.05, 3.63) is 109 Å². The van der Waals surface area contributed by atoms with Gasteiger partial charge in [0.25, 0.3) is 0 Å². The normalized spacial score (nSPS) is 13.3. The van der Waals surface area contributed by atoms with Crippen LogP contribution in [0.15, 0.2) is 109 Å². The van der Waals surface area contributed by atoms with Gasteiger partial charge < -0.3 is 38.4 Å². The lowest BCUT2D eigenvalue weighted by Crippen LogP contribution is -1.99. The smallest absolute Gasteiger partial charge is 0.170 e. The highest BCUT2D eigenvalue weighted by molar-refractivity contribution is 6.10. The van der Waals surface area contributed by atoms with Gasteiger partial charge >= 0.3 is 0 Å². The first-order chi connectivity index (χ1) is 26.6. The number of hydrogen-bond acceptors (Lipinski definition) is 10. The van der Waals surface area contributed by atoms with E-state index in [2.05, 4.69) is 9.97 Å². The van der Waals surface area contributed by atoms with Gasteiger partial charge in [0.1, 0.15) is 22.6 Å². The van der Waals surface area contributed by atoms with Crippen molar-refractivity contribution in [3.63, 3.8) is 0 Å². The Morgan fingerprint density at radius 2 is 0.574 bits per heavy atom. The zero-order valence-corrected chi connectivity index (χ0v) is 27.6. The van der Waals surface area contributed by atoms with E-state index in [0.29, 0.717) is 103 Å². The van der Waals surface area contributed by atoms with Gasteiger partial charge in [-0.3, -0.25) is 0 Å². The topological polar surface area (TPSA) is 139 Å². The van der Waals surface area contributed by atoms with E-state index in [1.54, 1.807) is 0 Å². The van der Waals surface area contributed by atoms with E-state index < -0.39 is 0 Å². The van der Waals surface area contributed by atoms with E-state index in [1.165, 1.54) is 0 Å². The van der Waals surface area contributed by atoms with Crippen molar-refractivity contribution in [2.75, 3.05) is 0 Å². The molecule has 6 aromatic carbocycles. The molecule has 0 spiro atoms. The predicted octanol–water partition coefficient (Wildman–Crippen LogP) is 11.0. The highest BCUT2D eigenvalue weighted by atomic mass is 16.6. The minimum absolute atomic E-state index is 0.436. The molecular weight excluding hydrogens is 684 g/mol. The lowest BCUT2D eigenvalue weighted by molar-refractivity contribution is 0.360. The molecule has 4 aliphatic rings. The second-order valence-electron chi connectivity index (χ2n) is 13.2. The van der Waals surface area contributed by atoms with Crippen LogP contribution in [0.2, 0.25) is 0 Å². The SMILES string of the molecule is c1ccc2c(c1)Oc1cc3c(cc1O2)-c1nc-3nc2[nH]c(nc3[nH]c(n1)c1cc4c(cc31)Oc1ccccc1O4)c1cc3c(cc21)Oc1ccccc1O3. The minimum atomic E-state index is 0.436. The third-order valence-electron chi connectivity index (χ3n) is 9.97. The van der Waals surface area contributed by atoms with Crippen LogP contribution < -0.4 is 28.4 Å². The van der Waals surface area contributed by atoms with Gasteiger partial charge in [-0.2, -0.15) is 0 Å². The molecule has 54 heavy (non-hydrogen) atoms. The van der Waals surface area contributed by atoms with Crippen molar-refractivity contribution in [2.45, 2.75) is 0 Å². The summed E-state index contributed by atoms with van der Waals surface area (Å²) in [7, 11) is 0. The quantitative estimate of drug-likeness (QED) is 0.157. The Morgan fingerprint density at radius 1 is 0.296 bits per heavy atom. The number of rotatable bonds is 0. The number of fused-ring (bicyclic) bond motifs is 21. The summed E-state index contributed by atoms with van der Waals surface area (Å²) in [5.74, 6) is 7.93. The van der Waals surface area contributed by atoms with Crippen molar-refractivity contribution in [1.29, 1.82) is 0 Å². The number of nitrogens with one attached hydrogen (secondary N) is 2. The maximum atomic E-state index is 6.31. The molecule has 0 saturated carbocycles. The average Bonchev–Trinajstić information content (AvgIpc) is 3.82. The first-order valence-corrected chi connectivity index (χ1v) is 17.2. The molecule has 0 aliphatic carbocycles. The fourth-order valence-corrected chi connectivity index (χ4v) is 7.44. The maximum absolute atomic E-state index is 6.31.